The Morgan fingerprint density at radius 2 is 1.86 bits per heavy atom. The molecule has 0 atom stereocenters. The summed E-state index contributed by atoms with van der Waals surface area (Å²) in [5.74, 6) is -0.878. The van der Waals surface area contributed by atoms with Crippen molar-refractivity contribution in [3.05, 3.63) is 42.5 Å². The number of rotatable bonds is 5. The van der Waals surface area contributed by atoms with Crippen molar-refractivity contribution in [1.29, 1.82) is 0 Å². The van der Waals surface area contributed by atoms with E-state index >= 15 is 0 Å². The Bertz CT molecular complexity index is 515. The number of hydrogen-bond donors (Lipinski definition) is 2. The summed E-state index contributed by atoms with van der Waals surface area (Å²) in [6.45, 7) is 9.97. The molecular formula is C16H22N2O3. The van der Waals surface area contributed by atoms with Crippen molar-refractivity contribution >= 4 is 17.7 Å². The predicted octanol–water partition coefficient (Wildman–Crippen LogP) is 3.13. The third-order valence-corrected chi connectivity index (χ3v) is 2.93. The van der Waals surface area contributed by atoms with Gasteiger partial charge in [-0.15, -0.1) is 6.58 Å². The lowest BCUT2D eigenvalue weighted by Crippen LogP contribution is -2.47. The number of amides is 2. The van der Waals surface area contributed by atoms with Crippen LogP contribution in [0.4, 0.5) is 10.5 Å². The summed E-state index contributed by atoms with van der Waals surface area (Å²) in [6, 6.07) is 6.57. The minimum Gasteiger partial charge on any atom is -0.481 e. The highest BCUT2D eigenvalue weighted by Gasteiger charge is 2.25. The van der Waals surface area contributed by atoms with E-state index in [1.807, 2.05) is 20.8 Å². The quantitative estimate of drug-likeness (QED) is 0.818. The zero-order chi connectivity index (χ0) is 16.0. The standard InChI is InChI=1S/C16H22N2O3/c1-5-10-18(16(2,3)4)15(21)17-13-8-6-12(7-9-13)11-14(19)20/h5-9H,1,10-11H2,2-4H3,(H,17,21)(H,19,20). The summed E-state index contributed by atoms with van der Waals surface area (Å²) in [5, 5.41) is 11.5. The average molecular weight is 290 g/mol. The first-order valence-corrected chi connectivity index (χ1v) is 6.74. The molecule has 2 amide bonds. The van der Waals surface area contributed by atoms with E-state index in [-0.39, 0.29) is 18.0 Å². The monoisotopic (exact) mass is 290 g/mol. The molecule has 0 saturated heterocycles. The fourth-order valence-electron chi connectivity index (χ4n) is 1.86. The molecule has 0 saturated carbocycles. The van der Waals surface area contributed by atoms with Crippen LogP contribution < -0.4 is 5.32 Å². The van der Waals surface area contributed by atoms with E-state index < -0.39 is 5.97 Å². The molecule has 0 bridgehead atoms. The van der Waals surface area contributed by atoms with Crippen molar-refractivity contribution in [2.24, 2.45) is 0 Å². The van der Waals surface area contributed by atoms with E-state index in [4.69, 9.17) is 5.11 Å². The molecule has 0 heterocycles. The molecule has 0 aliphatic carbocycles. The largest absolute Gasteiger partial charge is 0.481 e. The number of carboxylic acid groups (broad SMARTS) is 1. The van der Waals surface area contributed by atoms with Crippen molar-refractivity contribution < 1.29 is 14.7 Å². The van der Waals surface area contributed by atoms with Gasteiger partial charge in [0.2, 0.25) is 0 Å². The topological polar surface area (TPSA) is 69.6 Å². The van der Waals surface area contributed by atoms with Crippen LogP contribution in [0.5, 0.6) is 0 Å². The molecule has 21 heavy (non-hydrogen) atoms. The van der Waals surface area contributed by atoms with E-state index in [1.54, 1.807) is 35.2 Å². The molecule has 2 N–H and O–H groups in total. The fraction of sp³-hybridized carbons (Fsp3) is 0.375. The van der Waals surface area contributed by atoms with E-state index in [1.165, 1.54) is 0 Å². The molecule has 0 aromatic heterocycles. The zero-order valence-corrected chi connectivity index (χ0v) is 12.7. The molecule has 0 spiro atoms. The second-order valence-electron chi connectivity index (χ2n) is 5.77. The SMILES string of the molecule is C=CCN(C(=O)Nc1ccc(CC(=O)O)cc1)C(C)(C)C. The van der Waals surface area contributed by atoms with Crippen LogP contribution in [0.1, 0.15) is 26.3 Å². The van der Waals surface area contributed by atoms with Crippen LogP contribution in [-0.4, -0.2) is 34.1 Å². The van der Waals surface area contributed by atoms with Gasteiger partial charge in [0.25, 0.3) is 0 Å². The number of anilines is 1. The van der Waals surface area contributed by atoms with Crippen molar-refractivity contribution in [3.63, 3.8) is 0 Å². The maximum Gasteiger partial charge on any atom is 0.322 e. The Hall–Kier alpha value is -2.30. The summed E-state index contributed by atoms with van der Waals surface area (Å²) in [5.41, 5.74) is 1.01. The number of carboxylic acids is 1. The van der Waals surface area contributed by atoms with Crippen molar-refractivity contribution in [3.8, 4) is 0 Å². The Morgan fingerprint density at radius 3 is 2.29 bits per heavy atom. The van der Waals surface area contributed by atoms with Crippen LogP contribution in [0.3, 0.4) is 0 Å². The maximum absolute atomic E-state index is 12.3. The van der Waals surface area contributed by atoms with Crippen LogP contribution in [0.25, 0.3) is 0 Å². The number of carbonyl (C=O) groups is 2. The second-order valence-corrected chi connectivity index (χ2v) is 5.77. The first-order chi connectivity index (χ1) is 9.74. The minimum absolute atomic E-state index is 0.0290. The summed E-state index contributed by atoms with van der Waals surface area (Å²) in [7, 11) is 0. The Kier molecular flexibility index (Phi) is 5.52. The first kappa shape index (κ1) is 16.8. The number of nitrogens with zero attached hydrogens (tertiary/aromatic N) is 1. The minimum atomic E-state index is -0.878. The zero-order valence-electron chi connectivity index (χ0n) is 12.7. The smallest absolute Gasteiger partial charge is 0.322 e. The first-order valence-electron chi connectivity index (χ1n) is 6.74. The summed E-state index contributed by atoms with van der Waals surface area (Å²) >= 11 is 0. The molecule has 1 aromatic rings. The number of carbonyl (C=O) groups excluding carboxylic acids is 1. The van der Waals surface area contributed by atoms with E-state index in [9.17, 15) is 9.59 Å². The van der Waals surface area contributed by atoms with Gasteiger partial charge >= 0.3 is 12.0 Å². The van der Waals surface area contributed by atoms with Gasteiger partial charge in [-0.2, -0.15) is 0 Å². The summed E-state index contributed by atoms with van der Waals surface area (Å²) < 4.78 is 0. The van der Waals surface area contributed by atoms with Crippen molar-refractivity contribution in [1.82, 2.24) is 4.90 Å². The molecule has 0 radical (unpaired) electrons. The molecule has 0 aliphatic heterocycles. The molecule has 5 nitrogen and oxygen atoms in total. The third-order valence-electron chi connectivity index (χ3n) is 2.93. The second kappa shape index (κ2) is 6.92. The lowest BCUT2D eigenvalue weighted by molar-refractivity contribution is -0.136. The predicted molar refractivity (Wildman–Crippen MR) is 83.5 cm³/mol. The van der Waals surface area contributed by atoms with Crippen LogP contribution in [0.15, 0.2) is 36.9 Å². The molecule has 0 unspecified atom stereocenters. The van der Waals surface area contributed by atoms with Gasteiger partial charge in [0.15, 0.2) is 0 Å². The fourth-order valence-corrected chi connectivity index (χ4v) is 1.86. The van der Waals surface area contributed by atoms with E-state index in [2.05, 4.69) is 11.9 Å². The van der Waals surface area contributed by atoms with E-state index in [0.29, 0.717) is 17.8 Å². The number of urea groups is 1. The van der Waals surface area contributed by atoms with Gasteiger partial charge in [-0.1, -0.05) is 18.2 Å². The normalized spacial score (nSPS) is 10.8. The molecular weight excluding hydrogens is 268 g/mol. The van der Waals surface area contributed by atoms with Crippen LogP contribution in [0.2, 0.25) is 0 Å². The molecule has 1 aromatic carbocycles. The molecule has 1 rings (SSSR count). The van der Waals surface area contributed by atoms with Gasteiger partial charge in [0, 0.05) is 17.8 Å². The van der Waals surface area contributed by atoms with Crippen molar-refractivity contribution in [2.75, 3.05) is 11.9 Å². The van der Waals surface area contributed by atoms with Crippen molar-refractivity contribution in [2.45, 2.75) is 32.7 Å². The molecule has 0 aliphatic rings. The van der Waals surface area contributed by atoms with Crippen LogP contribution in [-0.2, 0) is 11.2 Å². The maximum atomic E-state index is 12.3. The highest BCUT2D eigenvalue weighted by Crippen LogP contribution is 2.16. The van der Waals surface area contributed by atoms with E-state index in [0.717, 1.165) is 0 Å². The average Bonchev–Trinajstić information content (AvgIpc) is 2.36. The van der Waals surface area contributed by atoms with Gasteiger partial charge in [-0.05, 0) is 38.5 Å². The highest BCUT2D eigenvalue weighted by atomic mass is 16.4. The lowest BCUT2D eigenvalue weighted by Gasteiger charge is -2.34. The van der Waals surface area contributed by atoms with Gasteiger partial charge in [-0.25, -0.2) is 4.79 Å². The van der Waals surface area contributed by atoms with Crippen LogP contribution >= 0.6 is 0 Å². The molecule has 114 valence electrons. The van der Waals surface area contributed by atoms with Crippen LogP contribution in [0, 0.1) is 0 Å². The highest BCUT2D eigenvalue weighted by molar-refractivity contribution is 5.90. The summed E-state index contributed by atoms with van der Waals surface area (Å²) in [4.78, 5) is 24.6. The lowest BCUT2D eigenvalue weighted by atomic mass is 10.1. The Labute approximate surface area is 125 Å². The Morgan fingerprint density at radius 1 is 1.29 bits per heavy atom. The Balaban J connectivity index is 2.77. The summed E-state index contributed by atoms with van der Waals surface area (Å²) in [6.07, 6.45) is 1.65. The number of benzene rings is 1. The molecule has 0 fully saturated rings. The number of aliphatic carboxylic acids is 1. The van der Waals surface area contributed by atoms with Gasteiger partial charge in [0.1, 0.15) is 0 Å². The molecule has 5 heteroatoms. The number of hydrogen-bond acceptors (Lipinski definition) is 2. The van der Waals surface area contributed by atoms with Gasteiger partial charge < -0.3 is 15.3 Å². The van der Waals surface area contributed by atoms with Gasteiger partial charge in [-0.3, -0.25) is 4.79 Å². The number of nitrogens with one attached hydrogen (secondary N) is 1. The van der Waals surface area contributed by atoms with Gasteiger partial charge in [0.05, 0.1) is 6.42 Å². The third kappa shape index (κ3) is 5.30.